The summed E-state index contributed by atoms with van der Waals surface area (Å²) in [5, 5.41) is 9.82. The van der Waals surface area contributed by atoms with Crippen LogP contribution in [0, 0.1) is 6.92 Å². The van der Waals surface area contributed by atoms with Gasteiger partial charge in [0, 0.05) is 11.8 Å². The van der Waals surface area contributed by atoms with E-state index in [0.29, 0.717) is 17.1 Å². The SMILES string of the molecule is Cc1ccc(-c2cc(C(=O)Nc3ccc4c(c3)CCC4)n[nH]2)o1. The lowest BCUT2D eigenvalue weighted by molar-refractivity contribution is 0.102. The zero-order valence-electron chi connectivity index (χ0n) is 12.8. The third-order valence-corrected chi connectivity index (χ3v) is 4.17. The maximum atomic E-state index is 12.3. The molecule has 0 aliphatic heterocycles. The molecule has 4 rings (SSSR count). The number of aromatic amines is 1. The van der Waals surface area contributed by atoms with Gasteiger partial charge < -0.3 is 9.73 Å². The average molecular weight is 307 g/mol. The number of nitrogens with one attached hydrogen (secondary N) is 2. The van der Waals surface area contributed by atoms with Crippen molar-refractivity contribution in [2.45, 2.75) is 26.2 Å². The fourth-order valence-corrected chi connectivity index (χ4v) is 2.99. The predicted octanol–water partition coefficient (Wildman–Crippen LogP) is 3.72. The van der Waals surface area contributed by atoms with E-state index in [9.17, 15) is 4.79 Å². The number of benzene rings is 1. The van der Waals surface area contributed by atoms with Crippen LogP contribution in [0.2, 0.25) is 0 Å². The first kappa shape index (κ1) is 13.8. The Morgan fingerprint density at radius 2 is 2.04 bits per heavy atom. The molecule has 0 unspecified atom stereocenters. The molecule has 0 saturated heterocycles. The van der Waals surface area contributed by atoms with E-state index in [4.69, 9.17) is 4.42 Å². The molecule has 0 fully saturated rings. The van der Waals surface area contributed by atoms with Crippen LogP contribution in [0.1, 0.15) is 33.8 Å². The minimum Gasteiger partial charge on any atom is -0.460 e. The van der Waals surface area contributed by atoms with Crippen molar-refractivity contribution in [1.82, 2.24) is 10.2 Å². The summed E-state index contributed by atoms with van der Waals surface area (Å²) in [7, 11) is 0. The van der Waals surface area contributed by atoms with Crippen molar-refractivity contribution >= 4 is 11.6 Å². The lowest BCUT2D eigenvalue weighted by Gasteiger charge is -2.05. The van der Waals surface area contributed by atoms with Crippen LogP contribution in [-0.2, 0) is 12.8 Å². The van der Waals surface area contributed by atoms with Gasteiger partial charge in [0.2, 0.25) is 0 Å². The largest absolute Gasteiger partial charge is 0.460 e. The maximum absolute atomic E-state index is 12.3. The van der Waals surface area contributed by atoms with E-state index in [1.165, 1.54) is 17.5 Å². The maximum Gasteiger partial charge on any atom is 0.276 e. The molecular weight excluding hydrogens is 290 g/mol. The molecule has 0 saturated carbocycles. The van der Waals surface area contributed by atoms with E-state index >= 15 is 0 Å². The summed E-state index contributed by atoms with van der Waals surface area (Å²) in [4.78, 5) is 12.3. The van der Waals surface area contributed by atoms with E-state index < -0.39 is 0 Å². The van der Waals surface area contributed by atoms with Crippen molar-refractivity contribution in [3.05, 3.63) is 59.0 Å². The number of hydrogen-bond acceptors (Lipinski definition) is 3. The number of rotatable bonds is 3. The minimum absolute atomic E-state index is 0.228. The number of anilines is 1. The van der Waals surface area contributed by atoms with E-state index in [2.05, 4.69) is 27.6 Å². The Morgan fingerprint density at radius 3 is 2.87 bits per heavy atom. The minimum atomic E-state index is -0.228. The summed E-state index contributed by atoms with van der Waals surface area (Å²) in [6.07, 6.45) is 3.41. The quantitative estimate of drug-likeness (QED) is 0.774. The molecule has 1 aromatic carbocycles. The third-order valence-electron chi connectivity index (χ3n) is 4.17. The highest BCUT2D eigenvalue weighted by molar-refractivity contribution is 6.03. The van der Waals surface area contributed by atoms with Gasteiger partial charge in [0.25, 0.3) is 5.91 Å². The number of H-pyrrole nitrogens is 1. The second-order valence-corrected chi connectivity index (χ2v) is 5.87. The first-order valence-corrected chi connectivity index (χ1v) is 7.74. The molecule has 1 amide bonds. The Labute approximate surface area is 133 Å². The monoisotopic (exact) mass is 307 g/mol. The van der Waals surface area contributed by atoms with Crippen molar-refractivity contribution in [3.8, 4) is 11.5 Å². The molecule has 3 aromatic rings. The summed E-state index contributed by atoms with van der Waals surface area (Å²) < 4.78 is 5.53. The topological polar surface area (TPSA) is 70.9 Å². The molecule has 5 nitrogen and oxygen atoms in total. The Morgan fingerprint density at radius 1 is 1.17 bits per heavy atom. The molecule has 2 N–H and O–H groups in total. The molecule has 5 heteroatoms. The van der Waals surface area contributed by atoms with Crippen LogP contribution in [0.25, 0.3) is 11.5 Å². The van der Waals surface area contributed by atoms with Crippen LogP contribution in [-0.4, -0.2) is 16.1 Å². The number of furan rings is 1. The zero-order chi connectivity index (χ0) is 15.8. The number of aromatic nitrogens is 2. The van der Waals surface area contributed by atoms with Gasteiger partial charge in [0.05, 0.1) is 0 Å². The van der Waals surface area contributed by atoms with Gasteiger partial charge in [-0.25, -0.2) is 0 Å². The second kappa shape index (κ2) is 5.43. The lowest BCUT2D eigenvalue weighted by atomic mass is 10.1. The summed E-state index contributed by atoms with van der Waals surface area (Å²) >= 11 is 0. The lowest BCUT2D eigenvalue weighted by Crippen LogP contribution is -2.12. The van der Waals surface area contributed by atoms with Crippen molar-refractivity contribution in [3.63, 3.8) is 0 Å². The van der Waals surface area contributed by atoms with E-state index in [0.717, 1.165) is 24.3 Å². The summed E-state index contributed by atoms with van der Waals surface area (Å²) in [6, 6.07) is 11.5. The van der Waals surface area contributed by atoms with Crippen molar-refractivity contribution in [1.29, 1.82) is 0 Å². The van der Waals surface area contributed by atoms with Gasteiger partial charge >= 0.3 is 0 Å². The molecule has 1 aliphatic rings. The van der Waals surface area contributed by atoms with E-state index in [-0.39, 0.29) is 5.91 Å². The molecule has 2 heterocycles. The fourth-order valence-electron chi connectivity index (χ4n) is 2.99. The molecule has 0 spiro atoms. The second-order valence-electron chi connectivity index (χ2n) is 5.87. The first-order valence-electron chi connectivity index (χ1n) is 7.74. The van der Waals surface area contributed by atoms with Crippen LogP contribution in [0.5, 0.6) is 0 Å². The number of nitrogens with zero attached hydrogens (tertiary/aromatic N) is 1. The highest BCUT2D eigenvalue weighted by Crippen LogP contribution is 2.25. The normalized spacial score (nSPS) is 13.1. The number of fused-ring (bicyclic) bond motifs is 1. The number of carbonyl (C=O) groups is 1. The van der Waals surface area contributed by atoms with Crippen LogP contribution in [0.3, 0.4) is 0 Å². The molecule has 0 radical (unpaired) electrons. The van der Waals surface area contributed by atoms with Gasteiger partial charge in [0.15, 0.2) is 11.5 Å². The van der Waals surface area contributed by atoms with Crippen LogP contribution in [0.15, 0.2) is 40.8 Å². The third kappa shape index (κ3) is 2.65. The smallest absolute Gasteiger partial charge is 0.276 e. The van der Waals surface area contributed by atoms with Crippen LogP contribution < -0.4 is 5.32 Å². The number of hydrogen-bond donors (Lipinski definition) is 2. The van der Waals surface area contributed by atoms with E-state index in [1.807, 2.05) is 25.1 Å². The molecule has 116 valence electrons. The zero-order valence-corrected chi connectivity index (χ0v) is 12.8. The van der Waals surface area contributed by atoms with Gasteiger partial charge in [0.1, 0.15) is 11.5 Å². The van der Waals surface area contributed by atoms with Crippen molar-refractivity contribution in [2.24, 2.45) is 0 Å². The predicted molar refractivity (Wildman–Crippen MR) is 87.4 cm³/mol. The number of aryl methyl sites for hydroxylation is 3. The van der Waals surface area contributed by atoms with Gasteiger partial charge in [-0.3, -0.25) is 9.89 Å². The van der Waals surface area contributed by atoms with Crippen LogP contribution in [0.4, 0.5) is 5.69 Å². The Bertz CT molecular complexity index is 876. The molecule has 23 heavy (non-hydrogen) atoms. The first-order chi connectivity index (χ1) is 11.2. The molecule has 1 aliphatic carbocycles. The van der Waals surface area contributed by atoms with Crippen molar-refractivity contribution in [2.75, 3.05) is 5.32 Å². The number of amides is 1. The molecule has 0 atom stereocenters. The number of carbonyl (C=O) groups excluding carboxylic acids is 1. The van der Waals surface area contributed by atoms with Gasteiger partial charge in [-0.05, 0) is 61.6 Å². The average Bonchev–Trinajstić information content (AvgIpc) is 3.26. The highest BCUT2D eigenvalue weighted by Gasteiger charge is 2.15. The fraction of sp³-hybridized carbons (Fsp3) is 0.222. The Balaban J connectivity index is 1.52. The molecule has 2 aromatic heterocycles. The molecule has 0 bridgehead atoms. The molecular formula is C18H17N3O2. The van der Waals surface area contributed by atoms with Gasteiger partial charge in [-0.2, -0.15) is 5.10 Å². The summed E-state index contributed by atoms with van der Waals surface area (Å²) in [6.45, 7) is 1.88. The highest BCUT2D eigenvalue weighted by atomic mass is 16.3. The summed E-state index contributed by atoms with van der Waals surface area (Å²) in [5.41, 5.74) is 4.57. The van der Waals surface area contributed by atoms with Gasteiger partial charge in [-0.1, -0.05) is 6.07 Å². The Hall–Kier alpha value is -2.82. The van der Waals surface area contributed by atoms with Crippen molar-refractivity contribution < 1.29 is 9.21 Å². The van der Waals surface area contributed by atoms with Crippen LogP contribution >= 0.6 is 0 Å². The standard InChI is InChI=1S/C18H17N3O2/c1-11-5-8-17(23-11)15-10-16(21-20-15)18(22)19-14-7-6-12-3-2-4-13(12)9-14/h5-10H,2-4H2,1H3,(H,19,22)(H,20,21). The van der Waals surface area contributed by atoms with Gasteiger partial charge in [-0.15, -0.1) is 0 Å². The van der Waals surface area contributed by atoms with E-state index in [1.54, 1.807) is 6.07 Å². The summed E-state index contributed by atoms with van der Waals surface area (Å²) in [5.74, 6) is 1.26. The Kier molecular flexibility index (Phi) is 3.26.